The van der Waals surface area contributed by atoms with Crippen molar-refractivity contribution in [1.82, 2.24) is 4.90 Å². The second kappa shape index (κ2) is 6.39. The third-order valence-corrected chi connectivity index (χ3v) is 2.98. The van der Waals surface area contributed by atoms with Crippen molar-refractivity contribution in [2.24, 2.45) is 0 Å². The van der Waals surface area contributed by atoms with E-state index in [-0.39, 0.29) is 6.10 Å². The molecule has 0 aliphatic carbocycles. The molecule has 4 nitrogen and oxygen atoms in total. The lowest BCUT2D eigenvalue weighted by Crippen LogP contribution is -2.42. The van der Waals surface area contributed by atoms with E-state index in [9.17, 15) is 0 Å². The van der Waals surface area contributed by atoms with Gasteiger partial charge in [-0.05, 0) is 24.7 Å². The zero-order valence-corrected chi connectivity index (χ0v) is 10.6. The third kappa shape index (κ3) is 3.73. The zero-order valence-electron chi connectivity index (χ0n) is 10.6. The van der Waals surface area contributed by atoms with E-state index in [1.807, 2.05) is 24.3 Å². The highest BCUT2D eigenvalue weighted by atomic mass is 16.5. The minimum atomic E-state index is 0.141. The van der Waals surface area contributed by atoms with Gasteiger partial charge in [-0.15, -0.1) is 0 Å². The summed E-state index contributed by atoms with van der Waals surface area (Å²) < 4.78 is 11.3. The molecule has 0 aromatic heterocycles. The Hall–Kier alpha value is -1.57. The minimum absolute atomic E-state index is 0.141. The first-order valence-corrected chi connectivity index (χ1v) is 6.17. The first kappa shape index (κ1) is 12.9. The molecule has 1 aliphatic heterocycles. The summed E-state index contributed by atoms with van der Waals surface area (Å²) in [5.74, 6) is 0.827. The van der Waals surface area contributed by atoms with E-state index in [4.69, 9.17) is 14.7 Å². The van der Waals surface area contributed by atoms with E-state index in [2.05, 4.69) is 18.0 Å². The lowest BCUT2D eigenvalue weighted by Gasteiger charge is -2.29. The number of hydrogen-bond acceptors (Lipinski definition) is 4. The average molecular weight is 246 g/mol. The van der Waals surface area contributed by atoms with E-state index in [1.165, 1.54) is 0 Å². The monoisotopic (exact) mass is 246 g/mol. The van der Waals surface area contributed by atoms with Gasteiger partial charge in [-0.1, -0.05) is 12.1 Å². The number of nitrogens with zero attached hydrogens (tertiary/aromatic N) is 2. The fourth-order valence-corrected chi connectivity index (χ4v) is 1.95. The predicted molar refractivity (Wildman–Crippen MR) is 68.5 cm³/mol. The Balaban J connectivity index is 1.81. The average Bonchev–Trinajstić information content (AvgIpc) is 2.38. The largest absolute Gasteiger partial charge is 0.491 e. The fourth-order valence-electron chi connectivity index (χ4n) is 1.95. The van der Waals surface area contributed by atoms with E-state index in [1.54, 1.807) is 0 Å². The van der Waals surface area contributed by atoms with Gasteiger partial charge in [0.2, 0.25) is 0 Å². The van der Waals surface area contributed by atoms with Gasteiger partial charge in [-0.3, -0.25) is 0 Å². The van der Waals surface area contributed by atoms with Crippen LogP contribution in [-0.2, 0) is 11.2 Å². The summed E-state index contributed by atoms with van der Waals surface area (Å²) in [5.41, 5.74) is 1.01. The maximum Gasteiger partial charge on any atom is 0.119 e. The minimum Gasteiger partial charge on any atom is -0.491 e. The lowest BCUT2D eigenvalue weighted by molar-refractivity contribution is -0.0403. The van der Waals surface area contributed by atoms with Crippen LogP contribution in [0.15, 0.2) is 24.3 Å². The van der Waals surface area contributed by atoms with Crippen molar-refractivity contribution in [3.8, 4) is 11.8 Å². The Morgan fingerprint density at radius 1 is 1.44 bits per heavy atom. The molecule has 1 saturated heterocycles. The van der Waals surface area contributed by atoms with Crippen LogP contribution in [0.2, 0.25) is 0 Å². The van der Waals surface area contributed by atoms with Crippen molar-refractivity contribution in [3.05, 3.63) is 29.8 Å². The molecule has 1 atom stereocenters. The first-order valence-electron chi connectivity index (χ1n) is 6.17. The number of likely N-dealkylation sites (N-methyl/N-ethyl adjacent to an activating group) is 1. The summed E-state index contributed by atoms with van der Waals surface area (Å²) >= 11 is 0. The molecule has 2 rings (SSSR count). The van der Waals surface area contributed by atoms with Gasteiger partial charge in [0.25, 0.3) is 0 Å². The third-order valence-electron chi connectivity index (χ3n) is 2.98. The number of benzene rings is 1. The standard InChI is InChI=1S/C14H18N2O2/c1-16-8-9-17-14(10-16)11-18-13-4-2-12(3-5-13)6-7-15/h2-5,14H,6,8-11H2,1H3. The molecule has 1 fully saturated rings. The normalized spacial score (nSPS) is 20.3. The molecule has 0 radical (unpaired) electrons. The van der Waals surface area contributed by atoms with Crippen molar-refractivity contribution < 1.29 is 9.47 Å². The van der Waals surface area contributed by atoms with E-state index < -0.39 is 0 Å². The molecule has 0 N–H and O–H groups in total. The Bertz CT molecular complexity index is 411. The van der Waals surface area contributed by atoms with Crippen LogP contribution in [-0.4, -0.2) is 44.4 Å². The quantitative estimate of drug-likeness (QED) is 0.807. The van der Waals surface area contributed by atoms with E-state index in [0.29, 0.717) is 13.0 Å². The number of rotatable bonds is 4. The molecule has 0 amide bonds. The van der Waals surface area contributed by atoms with Gasteiger partial charge in [0.15, 0.2) is 0 Å². The Labute approximate surface area is 108 Å². The molecular weight excluding hydrogens is 228 g/mol. The van der Waals surface area contributed by atoms with Crippen LogP contribution < -0.4 is 4.74 Å². The molecule has 1 aliphatic rings. The van der Waals surface area contributed by atoms with Gasteiger partial charge < -0.3 is 14.4 Å². The van der Waals surface area contributed by atoms with Crippen LogP contribution in [0.25, 0.3) is 0 Å². The molecule has 96 valence electrons. The van der Waals surface area contributed by atoms with Gasteiger partial charge in [-0.2, -0.15) is 5.26 Å². The van der Waals surface area contributed by atoms with Crippen LogP contribution in [0.4, 0.5) is 0 Å². The van der Waals surface area contributed by atoms with Gasteiger partial charge in [0.05, 0.1) is 19.1 Å². The highest BCUT2D eigenvalue weighted by Crippen LogP contribution is 2.14. The molecule has 0 saturated carbocycles. The molecular formula is C14H18N2O2. The second-order valence-electron chi connectivity index (χ2n) is 4.54. The topological polar surface area (TPSA) is 45.5 Å². The van der Waals surface area contributed by atoms with Crippen LogP contribution in [0.1, 0.15) is 5.56 Å². The first-order chi connectivity index (χ1) is 8.78. The van der Waals surface area contributed by atoms with E-state index in [0.717, 1.165) is 31.0 Å². The molecule has 1 unspecified atom stereocenters. The number of morpholine rings is 1. The van der Waals surface area contributed by atoms with Crippen molar-refractivity contribution >= 4 is 0 Å². The van der Waals surface area contributed by atoms with Crippen LogP contribution in [0, 0.1) is 11.3 Å². The highest BCUT2D eigenvalue weighted by molar-refractivity contribution is 5.28. The van der Waals surface area contributed by atoms with Gasteiger partial charge in [-0.25, -0.2) is 0 Å². The maximum atomic E-state index is 8.58. The summed E-state index contributed by atoms with van der Waals surface area (Å²) in [5, 5.41) is 8.58. The van der Waals surface area contributed by atoms with Crippen molar-refractivity contribution in [2.75, 3.05) is 33.4 Å². The highest BCUT2D eigenvalue weighted by Gasteiger charge is 2.17. The Morgan fingerprint density at radius 3 is 2.89 bits per heavy atom. The Morgan fingerprint density at radius 2 is 2.22 bits per heavy atom. The summed E-state index contributed by atoms with van der Waals surface area (Å²) in [7, 11) is 2.09. The maximum absolute atomic E-state index is 8.58. The van der Waals surface area contributed by atoms with Gasteiger partial charge in [0, 0.05) is 13.1 Å². The SMILES string of the molecule is CN1CCOC(COc2ccc(CC#N)cc2)C1. The van der Waals surface area contributed by atoms with Gasteiger partial charge in [0.1, 0.15) is 18.5 Å². The Kier molecular flexibility index (Phi) is 4.57. The van der Waals surface area contributed by atoms with Crippen molar-refractivity contribution in [1.29, 1.82) is 5.26 Å². The summed E-state index contributed by atoms with van der Waals surface area (Å²) in [6.45, 7) is 3.24. The number of hydrogen-bond donors (Lipinski definition) is 0. The molecule has 0 spiro atoms. The molecule has 1 heterocycles. The van der Waals surface area contributed by atoms with Crippen LogP contribution in [0.5, 0.6) is 5.75 Å². The zero-order chi connectivity index (χ0) is 12.8. The summed E-state index contributed by atoms with van der Waals surface area (Å²) in [6, 6.07) is 9.78. The number of nitriles is 1. The molecule has 1 aromatic carbocycles. The fraction of sp³-hybridized carbons (Fsp3) is 0.500. The number of ether oxygens (including phenoxy) is 2. The predicted octanol–water partition coefficient (Wildman–Crippen LogP) is 1.46. The molecule has 18 heavy (non-hydrogen) atoms. The van der Waals surface area contributed by atoms with Gasteiger partial charge >= 0.3 is 0 Å². The summed E-state index contributed by atoms with van der Waals surface area (Å²) in [6.07, 6.45) is 0.583. The van der Waals surface area contributed by atoms with Crippen molar-refractivity contribution in [2.45, 2.75) is 12.5 Å². The molecule has 0 bridgehead atoms. The van der Waals surface area contributed by atoms with E-state index >= 15 is 0 Å². The summed E-state index contributed by atoms with van der Waals surface area (Å²) in [4.78, 5) is 2.24. The smallest absolute Gasteiger partial charge is 0.119 e. The van der Waals surface area contributed by atoms with Crippen LogP contribution >= 0.6 is 0 Å². The van der Waals surface area contributed by atoms with Crippen LogP contribution in [0.3, 0.4) is 0 Å². The van der Waals surface area contributed by atoms with Crippen molar-refractivity contribution in [3.63, 3.8) is 0 Å². The second-order valence-corrected chi connectivity index (χ2v) is 4.54. The molecule has 4 heteroatoms. The lowest BCUT2D eigenvalue weighted by atomic mass is 10.2. The molecule has 1 aromatic rings.